The van der Waals surface area contributed by atoms with Crippen LogP contribution in [0.3, 0.4) is 0 Å². The second-order valence-corrected chi connectivity index (χ2v) is 4.94. The Balaban J connectivity index is 1.37. The van der Waals surface area contributed by atoms with Crippen LogP contribution in [0.15, 0.2) is 30.6 Å². The SMILES string of the molecule is O=C(Nc1ccc2c(c1)OCO2)N1CC(n2ccnn2)C1. The van der Waals surface area contributed by atoms with Gasteiger partial charge in [0.15, 0.2) is 11.5 Å². The Morgan fingerprint density at radius 2 is 2.14 bits per heavy atom. The van der Waals surface area contributed by atoms with Gasteiger partial charge in [-0.05, 0) is 12.1 Å². The number of rotatable bonds is 2. The molecule has 21 heavy (non-hydrogen) atoms. The maximum Gasteiger partial charge on any atom is 0.321 e. The Labute approximate surface area is 120 Å². The number of hydrogen-bond acceptors (Lipinski definition) is 5. The zero-order valence-corrected chi connectivity index (χ0v) is 11.1. The molecule has 8 nitrogen and oxygen atoms in total. The van der Waals surface area contributed by atoms with E-state index in [4.69, 9.17) is 9.47 Å². The van der Waals surface area contributed by atoms with E-state index in [1.165, 1.54) is 0 Å². The molecule has 0 bridgehead atoms. The number of carbonyl (C=O) groups excluding carboxylic acids is 1. The number of nitrogens with zero attached hydrogens (tertiary/aromatic N) is 4. The summed E-state index contributed by atoms with van der Waals surface area (Å²) >= 11 is 0. The molecule has 0 aliphatic carbocycles. The minimum absolute atomic E-state index is 0.134. The van der Waals surface area contributed by atoms with Crippen molar-refractivity contribution in [2.75, 3.05) is 25.2 Å². The minimum atomic E-state index is -0.134. The van der Waals surface area contributed by atoms with Crippen LogP contribution in [-0.2, 0) is 0 Å². The number of anilines is 1. The molecule has 0 spiro atoms. The Morgan fingerprint density at radius 3 is 2.95 bits per heavy atom. The van der Waals surface area contributed by atoms with Gasteiger partial charge in [0, 0.05) is 31.0 Å². The summed E-state index contributed by atoms with van der Waals surface area (Å²) in [5.41, 5.74) is 0.688. The quantitative estimate of drug-likeness (QED) is 0.894. The van der Waals surface area contributed by atoms with Crippen molar-refractivity contribution in [3.05, 3.63) is 30.6 Å². The summed E-state index contributed by atoms with van der Waals surface area (Å²) < 4.78 is 12.3. The molecule has 108 valence electrons. The van der Waals surface area contributed by atoms with Crippen molar-refractivity contribution >= 4 is 11.7 Å². The van der Waals surface area contributed by atoms with E-state index in [1.807, 2.05) is 0 Å². The van der Waals surface area contributed by atoms with Gasteiger partial charge in [0.1, 0.15) is 0 Å². The third-order valence-corrected chi connectivity index (χ3v) is 3.59. The molecular weight excluding hydrogens is 274 g/mol. The molecule has 2 amide bonds. The predicted molar refractivity (Wildman–Crippen MR) is 72.2 cm³/mol. The average Bonchev–Trinajstić information content (AvgIpc) is 3.06. The summed E-state index contributed by atoms with van der Waals surface area (Å²) in [5, 5.41) is 10.5. The van der Waals surface area contributed by atoms with Crippen LogP contribution in [0.2, 0.25) is 0 Å². The lowest BCUT2D eigenvalue weighted by molar-refractivity contribution is 0.127. The first-order valence-electron chi connectivity index (χ1n) is 6.61. The molecule has 3 heterocycles. The molecule has 1 N–H and O–H groups in total. The number of likely N-dealkylation sites (tertiary alicyclic amines) is 1. The standard InChI is InChI=1S/C13H13N5O3/c19-13(17-6-10(7-17)18-4-3-14-16-18)15-9-1-2-11-12(5-9)21-8-20-11/h1-5,10H,6-8H2,(H,15,19). The van der Waals surface area contributed by atoms with Crippen molar-refractivity contribution in [1.82, 2.24) is 19.9 Å². The van der Waals surface area contributed by atoms with E-state index in [-0.39, 0.29) is 18.9 Å². The first kappa shape index (κ1) is 12.0. The number of aromatic nitrogens is 3. The largest absolute Gasteiger partial charge is 0.454 e. The van der Waals surface area contributed by atoms with Gasteiger partial charge >= 0.3 is 6.03 Å². The molecule has 8 heteroatoms. The molecule has 0 atom stereocenters. The van der Waals surface area contributed by atoms with Crippen molar-refractivity contribution < 1.29 is 14.3 Å². The lowest BCUT2D eigenvalue weighted by atomic mass is 10.1. The number of benzene rings is 1. The molecule has 2 aromatic rings. The summed E-state index contributed by atoms with van der Waals surface area (Å²) in [4.78, 5) is 13.8. The number of hydrogen-bond donors (Lipinski definition) is 1. The Hall–Kier alpha value is -2.77. The number of fused-ring (bicyclic) bond motifs is 1. The molecule has 2 aliphatic heterocycles. The monoisotopic (exact) mass is 287 g/mol. The van der Waals surface area contributed by atoms with Gasteiger partial charge in [-0.2, -0.15) is 0 Å². The van der Waals surface area contributed by atoms with E-state index in [1.54, 1.807) is 40.2 Å². The number of carbonyl (C=O) groups is 1. The molecule has 2 aliphatic rings. The van der Waals surface area contributed by atoms with Crippen molar-refractivity contribution in [2.24, 2.45) is 0 Å². The van der Waals surface area contributed by atoms with Crippen molar-refractivity contribution in [3.63, 3.8) is 0 Å². The van der Waals surface area contributed by atoms with Crippen molar-refractivity contribution in [3.8, 4) is 11.5 Å². The highest BCUT2D eigenvalue weighted by Crippen LogP contribution is 2.34. The van der Waals surface area contributed by atoms with Gasteiger partial charge < -0.3 is 19.7 Å². The van der Waals surface area contributed by atoms with Crippen LogP contribution in [0.4, 0.5) is 10.5 Å². The molecule has 1 saturated heterocycles. The van der Waals surface area contributed by atoms with E-state index < -0.39 is 0 Å². The second-order valence-electron chi connectivity index (χ2n) is 4.94. The van der Waals surface area contributed by atoms with Crippen LogP contribution in [0.5, 0.6) is 11.5 Å². The van der Waals surface area contributed by atoms with Gasteiger partial charge in [-0.25, -0.2) is 9.48 Å². The van der Waals surface area contributed by atoms with Crippen molar-refractivity contribution in [2.45, 2.75) is 6.04 Å². The maximum absolute atomic E-state index is 12.1. The average molecular weight is 287 g/mol. The van der Waals surface area contributed by atoms with Gasteiger partial charge in [-0.1, -0.05) is 5.21 Å². The number of amides is 2. The van der Waals surface area contributed by atoms with E-state index in [0.717, 1.165) is 0 Å². The van der Waals surface area contributed by atoms with Crippen LogP contribution in [-0.4, -0.2) is 45.8 Å². The van der Waals surface area contributed by atoms with Gasteiger partial charge in [-0.15, -0.1) is 5.10 Å². The van der Waals surface area contributed by atoms with E-state index >= 15 is 0 Å². The second kappa shape index (κ2) is 4.65. The first-order valence-corrected chi connectivity index (χ1v) is 6.61. The molecule has 1 fully saturated rings. The first-order chi connectivity index (χ1) is 10.3. The maximum atomic E-state index is 12.1. The van der Waals surface area contributed by atoms with Gasteiger partial charge in [0.2, 0.25) is 6.79 Å². The molecule has 4 rings (SSSR count). The van der Waals surface area contributed by atoms with Crippen LogP contribution < -0.4 is 14.8 Å². The number of ether oxygens (including phenoxy) is 2. The lowest BCUT2D eigenvalue weighted by Gasteiger charge is -2.38. The lowest BCUT2D eigenvalue weighted by Crippen LogP contribution is -2.52. The van der Waals surface area contributed by atoms with Crippen LogP contribution in [0.1, 0.15) is 6.04 Å². The molecule has 0 radical (unpaired) electrons. The molecule has 1 aromatic heterocycles. The van der Waals surface area contributed by atoms with E-state index in [2.05, 4.69) is 15.6 Å². The van der Waals surface area contributed by atoms with Crippen LogP contribution in [0.25, 0.3) is 0 Å². The van der Waals surface area contributed by atoms with Gasteiger partial charge in [-0.3, -0.25) is 0 Å². The fourth-order valence-corrected chi connectivity index (χ4v) is 2.38. The Bertz CT molecular complexity index is 666. The van der Waals surface area contributed by atoms with Crippen molar-refractivity contribution in [1.29, 1.82) is 0 Å². The molecule has 0 unspecified atom stereocenters. The highest BCUT2D eigenvalue weighted by atomic mass is 16.7. The summed E-state index contributed by atoms with van der Waals surface area (Å²) in [6, 6.07) is 5.40. The number of nitrogens with one attached hydrogen (secondary N) is 1. The third kappa shape index (κ3) is 2.14. The zero-order valence-electron chi connectivity index (χ0n) is 11.1. The van der Waals surface area contributed by atoms with E-state index in [9.17, 15) is 4.79 Å². The zero-order chi connectivity index (χ0) is 14.2. The third-order valence-electron chi connectivity index (χ3n) is 3.59. The molecular formula is C13H13N5O3. The summed E-state index contributed by atoms with van der Waals surface area (Å²) in [5.74, 6) is 1.35. The normalized spacial score (nSPS) is 16.7. The van der Waals surface area contributed by atoms with Gasteiger partial charge in [0.25, 0.3) is 0 Å². The van der Waals surface area contributed by atoms with Crippen LogP contribution in [0, 0.1) is 0 Å². The van der Waals surface area contributed by atoms with E-state index in [0.29, 0.717) is 30.3 Å². The Kier molecular flexibility index (Phi) is 2.66. The summed E-state index contributed by atoms with van der Waals surface area (Å²) in [6.45, 7) is 1.47. The van der Waals surface area contributed by atoms with Crippen LogP contribution >= 0.6 is 0 Å². The highest BCUT2D eigenvalue weighted by molar-refractivity contribution is 5.90. The summed E-state index contributed by atoms with van der Waals surface area (Å²) in [7, 11) is 0. The predicted octanol–water partition coefficient (Wildman–Crippen LogP) is 1.10. The minimum Gasteiger partial charge on any atom is -0.454 e. The molecule has 0 saturated carbocycles. The summed E-state index contributed by atoms with van der Waals surface area (Å²) in [6.07, 6.45) is 3.44. The fourth-order valence-electron chi connectivity index (χ4n) is 2.38. The Morgan fingerprint density at radius 1 is 1.29 bits per heavy atom. The number of urea groups is 1. The highest BCUT2D eigenvalue weighted by Gasteiger charge is 2.32. The van der Waals surface area contributed by atoms with Gasteiger partial charge in [0.05, 0.1) is 12.2 Å². The fraction of sp³-hybridized carbons (Fsp3) is 0.308. The molecule has 1 aromatic carbocycles. The smallest absolute Gasteiger partial charge is 0.321 e. The topological polar surface area (TPSA) is 81.5 Å².